The van der Waals surface area contributed by atoms with Gasteiger partial charge in [0.15, 0.2) is 0 Å². The van der Waals surface area contributed by atoms with Gasteiger partial charge in [0.1, 0.15) is 11.5 Å². The maximum absolute atomic E-state index is 12.4. The van der Waals surface area contributed by atoms with Crippen molar-refractivity contribution in [2.75, 3.05) is 25.0 Å². The van der Waals surface area contributed by atoms with Crippen molar-refractivity contribution in [3.8, 4) is 0 Å². The van der Waals surface area contributed by atoms with Crippen LogP contribution in [0.15, 0.2) is 12.7 Å². The molecule has 1 aromatic heterocycles. The third kappa shape index (κ3) is 3.96. The lowest BCUT2D eigenvalue weighted by Gasteiger charge is -2.14. The summed E-state index contributed by atoms with van der Waals surface area (Å²) in [5.74, 6) is -3.35. The second-order valence-corrected chi connectivity index (χ2v) is 7.07. The van der Waals surface area contributed by atoms with Gasteiger partial charge in [-0.25, -0.2) is 14.5 Å². The zero-order valence-corrected chi connectivity index (χ0v) is 16.7. The number of carbonyl (C=O) groups excluding carboxylic acids is 5. The van der Waals surface area contributed by atoms with Crippen molar-refractivity contribution >= 4 is 46.1 Å². The number of anilines is 1. The van der Waals surface area contributed by atoms with Crippen molar-refractivity contribution in [3.05, 3.63) is 28.7 Å². The monoisotopic (exact) mass is 407 g/mol. The number of carbonyl (C=O) groups is 5. The average molecular weight is 407 g/mol. The summed E-state index contributed by atoms with van der Waals surface area (Å²) in [7, 11) is 0. The SMILES string of the molecule is C=CCN1C(=O)C(=O)N(CC(=O)Nc2sc(C)c(CC)c2C(=O)OCC)C1=O. The van der Waals surface area contributed by atoms with Gasteiger partial charge in [-0.05, 0) is 25.8 Å². The van der Waals surface area contributed by atoms with Crippen molar-refractivity contribution < 1.29 is 28.7 Å². The highest BCUT2D eigenvalue weighted by Gasteiger charge is 2.44. The van der Waals surface area contributed by atoms with Crippen LogP contribution in [-0.2, 0) is 25.5 Å². The van der Waals surface area contributed by atoms with E-state index in [1.807, 2.05) is 13.8 Å². The van der Waals surface area contributed by atoms with Crippen LogP contribution >= 0.6 is 11.3 Å². The van der Waals surface area contributed by atoms with Gasteiger partial charge in [-0.3, -0.25) is 19.3 Å². The van der Waals surface area contributed by atoms with E-state index in [0.29, 0.717) is 16.2 Å². The second kappa shape index (κ2) is 8.79. The van der Waals surface area contributed by atoms with E-state index in [9.17, 15) is 24.0 Å². The number of ether oxygens (including phenoxy) is 1. The van der Waals surface area contributed by atoms with Crippen LogP contribution < -0.4 is 5.32 Å². The van der Waals surface area contributed by atoms with Gasteiger partial charge in [0, 0.05) is 11.4 Å². The molecule has 0 atom stereocenters. The normalized spacial score (nSPS) is 13.9. The molecule has 1 aliphatic rings. The summed E-state index contributed by atoms with van der Waals surface area (Å²) in [6.45, 7) is 8.22. The summed E-state index contributed by atoms with van der Waals surface area (Å²) >= 11 is 1.21. The average Bonchev–Trinajstić information content (AvgIpc) is 3.06. The number of hydrogen-bond donors (Lipinski definition) is 1. The molecule has 28 heavy (non-hydrogen) atoms. The Labute approximate surface area is 165 Å². The minimum absolute atomic E-state index is 0.126. The Morgan fingerprint density at radius 2 is 1.82 bits per heavy atom. The van der Waals surface area contributed by atoms with Crippen LogP contribution in [0.3, 0.4) is 0 Å². The summed E-state index contributed by atoms with van der Waals surface area (Å²) in [4.78, 5) is 62.8. The Balaban J connectivity index is 2.21. The molecule has 0 bridgehead atoms. The molecule has 9 nitrogen and oxygen atoms in total. The van der Waals surface area contributed by atoms with Gasteiger partial charge >= 0.3 is 23.8 Å². The molecule has 2 heterocycles. The van der Waals surface area contributed by atoms with Crippen molar-refractivity contribution in [2.24, 2.45) is 0 Å². The number of urea groups is 1. The molecule has 0 unspecified atom stereocenters. The fourth-order valence-corrected chi connectivity index (χ4v) is 3.95. The summed E-state index contributed by atoms with van der Waals surface area (Å²) in [6, 6.07) is -0.882. The van der Waals surface area contributed by atoms with E-state index in [-0.39, 0.29) is 23.7 Å². The van der Waals surface area contributed by atoms with E-state index in [1.54, 1.807) is 6.92 Å². The molecule has 2 rings (SSSR count). The van der Waals surface area contributed by atoms with Crippen LogP contribution in [0.2, 0.25) is 0 Å². The molecule has 1 saturated heterocycles. The summed E-state index contributed by atoms with van der Waals surface area (Å²) < 4.78 is 5.07. The first-order valence-electron chi connectivity index (χ1n) is 8.64. The lowest BCUT2D eigenvalue weighted by atomic mass is 10.1. The highest BCUT2D eigenvalue weighted by atomic mass is 32.1. The number of amides is 5. The molecule has 0 saturated carbocycles. The van der Waals surface area contributed by atoms with Crippen LogP contribution in [0.25, 0.3) is 0 Å². The van der Waals surface area contributed by atoms with Crippen LogP contribution in [0.5, 0.6) is 0 Å². The molecule has 0 spiro atoms. The first-order valence-corrected chi connectivity index (χ1v) is 9.45. The second-order valence-electron chi connectivity index (χ2n) is 5.84. The largest absolute Gasteiger partial charge is 0.462 e. The lowest BCUT2D eigenvalue weighted by molar-refractivity contribution is -0.143. The number of thiophene rings is 1. The molecule has 0 radical (unpaired) electrons. The third-order valence-electron chi connectivity index (χ3n) is 4.04. The molecular formula is C18H21N3O6S. The molecule has 5 amide bonds. The van der Waals surface area contributed by atoms with E-state index in [1.165, 1.54) is 17.4 Å². The lowest BCUT2D eigenvalue weighted by Crippen LogP contribution is -2.39. The molecule has 1 aromatic rings. The fraction of sp³-hybridized carbons (Fsp3) is 0.389. The molecule has 150 valence electrons. The Kier molecular flexibility index (Phi) is 6.68. The Hall–Kier alpha value is -3.01. The van der Waals surface area contributed by atoms with Gasteiger partial charge in [0.05, 0.1) is 12.2 Å². The van der Waals surface area contributed by atoms with Crippen molar-refractivity contribution in [1.82, 2.24) is 9.80 Å². The minimum Gasteiger partial charge on any atom is -0.462 e. The van der Waals surface area contributed by atoms with Gasteiger partial charge in [-0.1, -0.05) is 13.0 Å². The maximum atomic E-state index is 12.4. The number of rotatable bonds is 8. The summed E-state index contributed by atoms with van der Waals surface area (Å²) in [5.41, 5.74) is 1.03. The third-order valence-corrected chi connectivity index (χ3v) is 5.11. The highest BCUT2D eigenvalue weighted by molar-refractivity contribution is 7.16. The molecule has 0 aliphatic carbocycles. The van der Waals surface area contributed by atoms with E-state index < -0.39 is 36.3 Å². The van der Waals surface area contributed by atoms with Crippen LogP contribution in [0, 0.1) is 6.92 Å². The molecular weight excluding hydrogens is 386 g/mol. The van der Waals surface area contributed by atoms with Gasteiger partial charge in [0.25, 0.3) is 0 Å². The van der Waals surface area contributed by atoms with Crippen molar-refractivity contribution in [3.63, 3.8) is 0 Å². The minimum atomic E-state index is -1.08. The predicted octanol–water partition coefficient (Wildman–Crippen LogP) is 1.71. The maximum Gasteiger partial charge on any atom is 0.341 e. The zero-order chi connectivity index (χ0) is 21.0. The summed E-state index contributed by atoms with van der Waals surface area (Å²) in [5, 5.41) is 2.84. The quantitative estimate of drug-likeness (QED) is 0.304. The van der Waals surface area contributed by atoms with Crippen LogP contribution in [0.1, 0.15) is 34.6 Å². The number of hydrogen-bond acceptors (Lipinski definition) is 7. The van der Waals surface area contributed by atoms with E-state index in [2.05, 4.69) is 11.9 Å². The molecule has 0 aromatic carbocycles. The zero-order valence-electron chi connectivity index (χ0n) is 15.9. The molecule has 10 heteroatoms. The molecule has 1 aliphatic heterocycles. The smallest absolute Gasteiger partial charge is 0.341 e. The Morgan fingerprint density at radius 1 is 1.18 bits per heavy atom. The van der Waals surface area contributed by atoms with E-state index in [4.69, 9.17) is 4.74 Å². The van der Waals surface area contributed by atoms with Gasteiger partial charge in [-0.15, -0.1) is 17.9 Å². The van der Waals surface area contributed by atoms with E-state index in [0.717, 1.165) is 10.4 Å². The van der Waals surface area contributed by atoms with Gasteiger partial charge in [-0.2, -0.15) is 0 Å². The topological polar surface area (TPSA) is 113 Å². The van der Waals surface area contributed by atoms with Gasteiger partial charge < -0.3 is 10.1 Å². The number of nitrogens with zero attached hydrogens (tertiary/aromatic N) is 2. The van der Waals surface area contributed by atoms with Crippen LogP contribution in [-0.4, -0.2) is 59.2 Å². The van der Waals surface area contributed by atoms with Crippen LogP contribution in [0.4, 0.5) is 9.80 Å². The first-order chi connectivity index (χ1) is 13.3. The number of aryl methyl sites for hydroxylation is 1. The number of esters is 1. The van der Waals surface area contributed by atoms with E-state index >= 15 is 0 Å². The van der Waals surface area contributed by atoms with Crippen molar-refractivity contribution in [1.29, 1.82) is 0 Å². The highest BCUT2D eigenvalue weighted by Crippen LogP contribution is 2.34. The number of nitrogens with one attached hydrogen (secondary N) is 1. The van der Waals surface area contributed by atoms with Crippen molar-refractivity contribution in [2.45, 2.75) is 27.2 Å². The first kappa shape index (κ1) is 21.3. The fourth-order valence-electron chi connectivity index (χ4n) is 2.80. The van der Waals surface area contributed by atoms with Gasteiger partial charge in [0.2, 0.25) is 5.91 Å². The predicted molar refractivity (Wildman–Crippen MR) is 102 cm³/mol. The Morgan fingerprint density at radius 3 is 2.39 bits per heavy atom. The number of imide groups is 2. The Bertz CT molecular complexity index is 860. The molecule has 1 fully saturated rings. The summed E-state index contributed by atoms with van der Waals surface area (Å²) in [6.07, 6.45) is 1.87. The molecule has 1 N–H and O–H groups in total. The standard InChI is InChI=1S/C18H21N3O6S/c1-5-8-20-15(23)16(24)21(18(20)26)9-12(22)19-14-13(17(25)27-7-3)11(6-2)10(4)28-14/h5H,1,6-9H2,2-4H3,(H,19,22).